The predicted molar refractivity (Wildman–Crippen MR) is 101 cm³/mol. The van der Waals surface area contributed by atoms with Gasteiger partial charge in [0.25, 0.3) is 17.5 Å². The predicted octanol–water partition coefficient (Wildman–Crippen LogP) is 1.51. The number of hydrogen-bond acceptors (Lipinski definition) is 6. The second-order valence-electron chi connectivity index (χ2n) is 6.57. The highest BCUT2D eigenvalue weighted by molar-refractivity contribution is 6.24. The van der Waals surface area contributed by atoms with Crippen LogP contribution < -0.4 is 5.32 Å². The maximum Gasteiger partial charge on any atom is 0.282 e. The standard InChI is InChI=1S/C20H17N3O6/c1-12(24)15(10-13-6-3-2-4-7-13)21-17(25)11-22-19(26)14-8-5-9-16(23(28)29)18(14)20(22)27/h2-9,15H,10-11H2,1H3,(H,21,25). The van der Waals surface area contributed by atoms with Crippen molar-refractivity contribution < 1.29 is 24.1 Å². The van der Waals surface area contributed by atoms with Gasteiger partial charge in [-0.2, -0.15) is 0 Å². The highest BCUT2D eigenvalue weighted by Gasteiger charge is 2.41. The summed E-state index contributed by atoms with van der Waals surface area (Å²) in [7, 11) is 0. The van der Waals surface area contributed by atoms with Crippen LogP contribution in [0.1, 0.15) is 33.2 Å². The lowest BCUT2D eigenvalue weighted by atomic mass is 10.0. The molecule has 0 radical (unpaired) electrons. The van der Waals surface area contributed by atoms with Crippen molar-refractivity contribution >= 4 is 29.2 Å². The molecule has 1 heterocycles. The zero-order valence-corrected chi connectivity index (χ0v) is 15.5. The fourth-order valence-electron chi connectivity index (χ4n) is 3.14. The van der Waals surface area contributed by atoms with Gasteiger partial charge >= 0.3 is 0 Å². The van der Waals surface area contributed by atoms with E-state index < -0.39 is 40.9 Å². The van der Waals surface area contributed by atoms with Crippen molar-refractivity contribution in [1.82, 2.24) is 10.2 Å². The Bertz CT molecular complexity index is 1020. The second-order valence-corrected chi connectivity index (χ2v) is 6.57. The normalized spacial score (nSPS) is 13.8. The van der Waals surface area contributed by atoms with Crippen LogP contribution in [-0.4, -0.2) is 45.9 Å². The van der Waals surface area contributed by atoms with Gasteiger partial charge in [0.1, 0.15) is 12.1 Å². The molecule has 0 fully saturated rings. The maximum atomic E-state index is 12.5. The number of nitro groups is 1. The Labute approximate surface area is 165 Å². The zero-order chi connectivity index (χ0) is 21.1. The molecule has 0 aromatic heterocycles. The number of ketones is 1. The second kappa shape index (κ2) is 8.01. The number of hydrogen-bond donors (Lipinski definition) is 1. The van der Waals surface area contributed by atoms with Crippen molar-refractivity contribution in [3.8, 4) is 0 Å². The fourth-order valence-corrected chi connectivity index (χ4v) is 3.14. The molecule has 9 nitrogen and oxygen atoms in total. The molecule has 2 aromatic rings. The number of Topliss-reactive ketones (excluding diaryl/α,β-unsaturated/α-hetero) is 1. The molecule has 0 spiro atoms. The van der Waals surface area contributed by atoms with Crippen LogP contribution in [-0.2, 0) is 16.0 Å². The lowest BCUT2D eigenvalue weighted by Gasteiger charge is -2.18. The summed E-state index contributed by atoms with van der Waals surface area (Å²) in [5.74, 6) is -2.68. The Hall–Kier alpha value is -3.88. The zero-order valence-electron chi connectivity index (χ0n) is 15.5. The van der Waals surface area contributed by atoms with E-state index in [4.69, 9.17) is 0 Å². The van der Waals surface area contributed by atoms with E-state index >= 15 is 0 Å². The minimum atomic E-state index is -0.908. The number of imide groups is 1. The van der Waals surface area contributed by atoms with Gasteiger partial charge in [0, 0.05) is 6.07 Å². The van der Waals surface area contributed by atoms with Crippen LogP contribution in [0.25, 0.3) is 0 Å². The third-order valence-electron chi connectivity index (χ3n) is 4.58. The average Bonchev–Trinajstić information content (AvgIpc) is 2.93. The number of fused-ring (bicyclic) bond motifs is 1. The molecule has 1 atom stereocenters. The molecular weight excluding hydrogens is 378 g/mol. The Morgan fingerprint density at radius 3 is 2.38 bits per heavy atom. The topological polar surface area (TPSA) is 127 Å². The van der Waals surface area contributed by atoms with Crippen LogP contribution in [0.4, 0.5) is 5.69 Å². The van der Waals surface area contributed by atoms with Crippen molar-refractivity contribution in [3.63, 3.8) is 0 Å². The highest BCUT2D eigenvalue weighted by Crippen LogP contribution is 2.30. The molecule has 1 aliphatic rings. The smallest absolute Gasteiger partial charge is 0.282 e. The molecule has 0 saturated carbocycles. The third-order valence-corrected chi connectivity index (χ3v) is 4.58. The summed E-state index contributed by atoms with van der Waals surface area (Å²) in [4.78, 5) is 60.4. The van der Waals surface area contributed by atoms with Gasteiger partial charge in [-0.1, -0.05) is 36.4 Å². The number of carbonyl (C=O) groups excluding carboxylic acids is 4. The molecule has 0 aliphatic carbocycles. The molecule has 2 aromatic carbocycles. The number of rotatable bonds is 7. The Kier molecular flexibility index (Phi) is 5.49. The van der Waals surface area contributed by atoms with E-state index in [0.29, 0.717) is 4.90 Å². The van der Waals surface area contributed by atoms with Gasteiger partial charge in [-0.05, 0) is 25.0 Å². The van der Waals surface area contributed by atoms with Crippen molar-refractivity contribution in [2.24, 2.45) is 0 Å². The number of nitro benzene ring substituents is 1. The van der Waals surface area contributed by atoms with Gasteiger partial charge in [0.2, 0.25) is 5.91 Å². The number of nitrogens with one attached hydrogen (secondary N) is 1. The lowest BCUT2D eigenvalue weighted by Crippen LogP contribution is -2.47. The largest absolute Gasteiger partial charge is 0.344 e. The van der Waals surface area contributed by atoms with E-state index in [1.54, 1.807) is 12.1 Å². The van der Waals surface area contributed by atoms with Gasteiger partial charge in [0.15, 0.2) is 5.78 Å². The van der Waals surface area contributed by atoms with Crippen LogP contribution in [0.3, 0.4) is 0 Å². The Morgan fingerprint density at radius 2 is 1.76 bits per heavy atom. The van der Waals surface area contributed by atoms with Crippen LogP contribution in [0.2, 0.25) is 0 Å². The van der Waals surface area contributed by atoms with Crippen molar-refractivity contribution in [2.75, 3.05) is 6.54 Å². The third kappa shape index (κ3) is 4.03. The molecule has 1 N–H and O–H groups in total. The van der Waals surface area contributed by atoms with E-state index in [9.17, 15) is 29.3 Å². The van der Waals surface area contributed by atoms with E-state index in [0.717, 1.165) is 11.6 Å². The molecule has 1 aliphatic heterocycles. The molecule has 29 heavy (non-hydrogen) atoms. The Balaban J connectivity index is 1.74. The quantitative estimate of drug-likeness (QED) is 0.430. The van der Waals surface area contributed by atoms with E-state index in [2.05, 4.69) is 5.32 Å². The maximum absolute atomic E-state index is 12.5. The number of benzene rings is 2. The number of nitrogens with zero attached hydrogens (tertiary/aromatic N) is 2. The van der Waals surface area contributed by atoms with Crippen molar-refractivity contribution in [3.05, 3.63) is 75.3 Å². The molecule has 148 valence electrons. The first-order valence-corrected chi connectivity index (χ1v) is 8.77. The summed E-state index contributed by atoms with van der Waals surface area (Å²) >= 11 is 0. The van der Waals surface area contributed by atoms with Crippen LogP contribution in [0, 0.1) is 10.1 Å². The monoisotopic (exact) mass is 395 g/mol. The van der Waals surface area contributed by atoms with Crippen LogP contribution >= 0.6 is 0 Å². The van der Waals surface area contributed by atoms with E-state index in [-0.39, 0.29) is 23.3 Å². The average molecular weight is 395 g/mol. The van der Waals surface area contributed by atoms with Gasteiger partial charge in [0.05, 0.1) is 16.5 Å². The summed E-state index contributed by atoms with van der Waals surface area (Å²) in [5.41, 5.74) is -0.106. The number of amides is 3. The summed E-state index contributed by atoms with van der Waals surface area (Å²) in [6.45, 7) is 0.696. The fraction of sp³-hybridized carbons (Fsp3) is 0.200. The van der Waals surface area contributed by atoms with E-state index in [1.165, 1.54) is 19.1 Å². The molecule has 9 heteroatoms. The molecule has 3 amide bonds. The lowest BCUT2D eigenvalue weighted by molar-refractivity contribution is -0.385. The highest BCUT2D eigenvalue weighted by atomic mass is 16.6. The summed E-state index contributed by atoms with van der Waals surface area (Å²) in [5, 5.41) is 13.7. The molecule has 0 bridgehead atoms. The minimum absolute atomic E-state index is 0.121. The Morgan fingerprint density at radius 1 is 1.07 bits per heavy atom. The minimum Gasteiger partial charge on any atom is -0.344 e. The van der Waals surface area contributed by atoms with Crippen LogP contribution in [0.15, 0.2) is 48.5 Å². The molecule has 0 saturated heterocycles. The first-order chi connectivity index (χ1) is 13.8. The first-order valence-electron chi connectivity index (χ1n) is 8.77. The first kappa shape index (κ1) is 19.9. The molecule has 1 unspecified atom stereocenters. The molecular formula is C20H17N3O6. The SMILES string of the molecule is CC(=O)C(Cc1ccccc1)NC(=O)CN1C(=O)c2cccc([N+](=O)[O-])c2C1=O. The van der Waals surface area contributed by atoms with Crippen molar-refractivity contribution in [2.45, 2.75) is 19.4 Å². The van der Waals surface area contributed by atoms with Gasteiger partial charge in [-0.25, -0.2) is 0 Å². The summed E-state index contributed by atoms with van der Waals surface area (Å²) < 4.78 is 0. The van der Waals surface area contributed by atoms with Gasteiger partial charge in [-0.3, -0.25) is 34.2 Å². The van der Waals surface area contributed by atoms with Gasteiger partial charge in [-0.15, -0.1) is 0 Å². The molecule has 3 rings (SSSR count). The van der Waals surface area contributed by atoms with Crippen LogP contribution in [0.5, 0.6) is 0 Å². The summed E-state index contributed by atoms with van der Waals surface area (Å²) in [6, 6.07) is 12.0. The van der Waals surface area contributed by atoms with Gasteiger partial charge < -0.3 is 5.32 Å². The number of carbonyl (C=O) groups is 4. The van der Waals surface area contributed by atoms with E-state index in [1.807, 2.05) is 18.2 Å². The van der Waals surface area contributed by atoms with Crippen molar-refractivity contribution in [1.29, 1.82) is 0 Å². The summed E-state index contributed by atoms with van der Waals surface area (Å²) in [6.07, 6.45) is 0.259.